The maximum atomic E-state index is 12.9. The van der Waals surface area contributed by atoms with E-state index in [1.807, 2.05) is 24.3 Å². The molecule has 0 amide bonds. The Labute approximate surface area is 187 Å². The van der Waals surface area contributed by atoms with Crippen molar-refractivity contribution in [1.82, 2.24) is 9.97 Å². The molecule has 0 spiro atoms. The van der Waals surface area contributed by atoms with Gasteiger partial charge in [-0.15, -0.1) is 0 Å². The molecule has 5 nitrogen and oxygen atoms in total. The van der Waals surface area contributed by atoms with E-state index >= 15 is 0 Å². The summed E-state index contributed by atoms with van der Waals surface area (Å²) in [6.45, 7) is 0. The highest BCUT2D eigenvalue weighted by molar-refractivity contribution is 14.1. The van der Waals surface area contributed by atoms with Gasteiger partial charge in [0.2, 0.25) is 0 Å². The molecule has 0 radical (unpaired) electrons. The highest BCUT2D eigenvalue weighted by Gasteiger charge is 2.28. The third-order valence-corrected chi connectivity index (χ3v) is 8.59. The number of benzene rings is 1. The van der Waals surface area contributed by atoms with Gasteiger partial charge in [0.25, 0.3) is 0 Å². The van der Waals surface area contributed by atoms with Crippen LogP contribution in [0.2, 0.25) is 0 Å². The molecule has 1 fully saturated rings. The molecule has 1 aromatic carbocycles. The first kappa shape index (κ1) is 20.8. The van der Waals surface area contributed by atoms with Crippen molar-refractivity contribution >= 4 is 44.2 Å². The van der Waals surface area contributed by atoms with E-state index in [-0.39, 0.29) is 0 Å². The fourth-order valence-corrected chi connectivity index (χ4v) is 6.79. The van der Waals surface area contributed by atoms with Crippen molar-refractivity contribution in [3.63, 3.8) is 0 Å². The Morgan fingerprint density at radius 1 is 1.17 bits per heavy atom. The fraction of sp³-hybridized carbons (Fsp3) is 0.455. The summed E-state index contributed by atoms with van der Waals surface area (Å²) in [5.41, 5.74) is 3.27. The van der Waals surface area contributed by atoms with Crippen LogP contribution in [0.25, 0.3) is 6.08 Å². The zero-order chi connectivity index (χ0) is 20.4. The van der Waals surface area contributed by atoms with Crippen LogP contribution in [0, 0.1) is 14.3 Å². The second-order valence-electron chi connectivity index (χ2n) is 8.20. The highest BCUT2D eigenvalue weighted by Crippen LogP contribution is 2.33. The molecule has 2 aliphatic rings. The van der Waals surface area contributed by atoms with E-state index in [1.165, 1.54) is 0 Å². The Balaban J connectivity index is 1.34. The summed E-state index contributed by atoms with van der Waals surface area (Å²) in [6.07, 6.45) is 11.0. The molecular weight excluding hydrogens is 495 g/mol. The molecule has 1 saturated carbocycles. The number of nitrogens with one attached hydrogen (secondary N) is 1. The molecule has 0 saturated heterocycles. The summed E-state index contributed by atoms with van der Waals surface area (Å²) >= 11 is 2.27. The average molecular weight is 522 g/mol. The molecule has 1 aromatic heterocycles. The molecule has 4 rings (SSSR count). The molecule has 7 heteroatoms. The second kappa shape index (κ2) is 8.71. The number of hydrogen-bond acceptors (Lipinski definition) is 5. The first-order chi connectivity index (χ1) is 13.9. The van der Waals surface area contributed by atoms with Gasteiger partial charge in [-0.3, -0.25) is 4.78 Å². The Kier molecular flexibility index (Phi) is 6.24. The predicted octanol–water partition coefficient (Wildman–Crippen LogP) is 4.89. The molecule has 29 heavy (non-hydrogen) atoms. The summed E-state index contributed by atoms with van der Waals surface area (Å²) < 4.78 is 22.5. The highest BCUT2D eigenvalue weighted by atomic mass is 127. The van der Waals surface area contributed by atoms with Crippen molar-refractivity contribution in [2.24, 2.45) is 5.92 Å². The van der Waals surface area contributed by atoms with Crippen LogP contribution in [-0.2, 0) is 21.9 Å². The number of nitrogens with zero attached hydrogens (tertiary/aromatic N) is 3. The Hall–Kier alpha value is -1.48. The number of anilines is 1. The number of halogens is 1. The quantitative estimate of drug-likeness (QED) is 0.549. The number of fused-ring (bicyclic) bond motifs is 1. The van der Waals surface area contributed by atoms with Crippen LogP contribution in [0.4, 0.5) is 5.82 Å². The minimum absolute atomic E-state index is 0.364. The van der Waals surface area contributed by atoms with E-state index in [2.05, 4.69) is 56.7 Å². The number of allylic oxidation sites excluding steroid dienone is 1. The Morgan fingerprint density at radius 3 is 2.62 bits per heavy atom. The summed E-state index contributed by atoms with van der Waals surface area (Å²) in [5.74, 6) is 2.28. The second-order valence-corrected chi connectivity index (χ2v) is 11.7. The van der Waals surface area contributed by atoms with Crippen LogP contribution in [-0.4, -0.2) is 33.0 Å². The Bertz CT molecular complexity index is 996. The van der Waals surface area contributed by atoms with Crippen LogP contribution in [0.5, 0.6) is 0 Å². The standard InChI is InChI=1S/C22H27IN4OS/c1-27(22-20-3-2-4-21(20)25-15-26-22)19-11-7-17(8-12-19)14-29(24,28)13-16-5-9-18(23)10-6-16/h2-3,5-6,9-10,15,17,19,24H,4,7-8,11-14H2,1H3. The van der Waals surface area contributed by atoms with Crippen molar-refractivity contribution in [2.75, 3.05) is 17.7 Å². The van der Waals surface area contributed by atoms with E-state index in [4.69, 9.17) is 4.78 Å². The summed E-state index contributed by atoms with van der Waals surface area (Å²) in [7, 11) is -0.462. The van der Waals surface area contributed by atoms with Crippen molar-refractivity contribution in [1.29, 1.82) is 4.78 Å². The normalized spacial score (nSPS) is 22.8. The lowest BCUT2D eigenvalue weighted by Crippen LogP contribution is -2.37. The lowest BCUT2D eigenvalue weighted by atomic mass is 9.86. The molecule has 1 heterocycles. The van der Waals surface area contributed by atoms with Crippen LogP contribution in [0.1, 0.15) is 42.5 Å². The molecular formula is C22H27IN4OS. The topological polar surface area (TPSA) is 69.9 Å². The van der Waals surface area contributed by atoms with Crippen molar-refractivity contribution in [3.05, 3.63) is 57.1 Å². The van der Waals surface area contributed by atoms with Gasteiger partial charge in [-0.2, -0.15) is 0 Å². The van der Waals surface area contributed by atoms with Gasteiger partial charge < -0.3 is 4.90 Å². The number of aromatic nitrogens is 2. The molecule has 0 aliphatic heterocycles. The van der Waals surface area contributed by atoms with Gasteiger partial charge >= 0.3 is 0 Å². The monoisotopic (exact) mass is 522 g/mol. The molecule has 1 N–H and O–H groups in total. The zero-order valence-electron chi connectivity index (χ0n) is 16.7. The smallest absolute Gasteiger partial charge is 0.139 e. The third-order valence-electron chi connectivity index (χ3n) is 6.06. The minimum atomic E-state index is -2.59. The molecule has 1 unspecified atom stereocenters. The molecule has 0 bridgehead atoms. The van der Waals surface area contributed by atoms with Gasteiger partial charge in [0, 0.05) is 44.1 Å². The molecule has 154 valence electrons. The maximum Gasteiger partial charge on any atom is 0.139 e. The van der Waals surface area contributed by atoms with Crippen LogP contribution in [0.3, 0.4) is 0 Å². The van der Waals surface area contributed by atoms with Crippen molar-refractivity contribution in [2.45, 2.75) is 43.9 Å². The van der Waals surface area contributed by atoms with Gasteiger partial charge in [0.05, 0.1) is 11.4 Å². The van der Waals surface area contributed by atoms with Crippen LogP contribution in [0.15, 0.2) is 36.7 Å². The van der Waals surface area contributed by atoms with E-state index in [0.29, 0.717) is 23.5 Å². The van der Waals surface area contributed by atoms with Gasteiger partial charge in [0.1, 0.15) is 12.1 Å². The summed E-state index contributed by atoms with van der Waals surface area (Å²) in [6, 6.07) is 8.47. The van der Waals surface area contributed by atoms with Gasteiger partial charge in [-0.1, -0.05) is 24.3 Å². The third kappa shape index (κ3) is 4.99. The summed E-state index contributed by atoms with van der Waals surface area (Å²) in [4.78, 5) is 11.2. The molecule has 2 aromatic rings. The van der Waals surface area contributed by atoms with Gasteiger partial charge in [0.15, 0.2) is 0 Å². The number of hydrogen-bond donors (Lipinski definition) is 1. The predicted molar refractivity (Wildman–Crippen MR) is 128 cm³/mol. The summed E-state index contributed by atoms with van der Waals surface area (Å²) in [5, 5.41) is 0. The largest absolute Gasteiger partial charge is 0.356 e. The van der Waals surface area contributed by atoms with E-state index in [0.717, 1.165) is 58.3 Å². The fourth-order valence-electron chi connectivity index (χ4n) is 4.49. The Morgan fingerprint density at radius 2 is 1.90 bits per heavy atom. The van der Waals surface area contributed by atoms with Gasteiger partial charge in [-0.05, 0) is 71.9 Å². The lowest BCUT2D eigenvalue weighted by Gasteiger charge is -2.36. The zero-order valence-corrected chi connectivity index (χ0v) is 19.7. The SMILES string of the molecule is CN(c1ncnc2c1C=CC2)C1CCC(CS(=N)(=O)Cc2ccc(I)cc2)CC1. The lowest BCUT2D eigenvalue weighted by molar-refractivity contribution is 0.342. The van der Waals surface area contributed by atoms with Crippen molar-refractivity contribution in [3.8, 4) is 0 Å². The van der Waals surface area contributed by atoms with Crippen LogP contribution >= 0.6 is 22.6 Å². The van der Waals surface area contributed by atoms with Crippen molar-refractivity contribution < 1.29 is 4.21 Å². The molecule has 2 aliphatic carbocycles. The maximum absolute atomic E-state index is 12.9. The first-order valence-electron chi connectivity index (χ1n) is 10.1. The average Bonchev–Trinajstić information content (AvgIpc) is 3.18. The van der Waals surface area contributed by atoms with E-state index < -0.39 is 9.73 Å². The first-order valence-corrected chi connectivity index (χ1v) is 13.1. The molecule has 1 atom stereocenters. The number of rotatable bonds is 6. The van der Waals surface area contributed by atoms with Crippen LogP contribution < -0.4 is 4.90 Å². The van der Waals surface area contributed by atoms with E-state index in [1.54, 1.807) is 6.33 Å². The minimum Gasteiger partial charge on any atom is -0.356 e. The van der Waals surface area contributed by atoms with E-state index in [9.17, 15) is 4.21 Å². The van der Waals surface area contributed by atoms with Gasteiger partial charge in [-0.25, -0.2) is 14.2 Å².